The summed E-state index contributed by atoms with van der Waals surface area (Å²) >= 11 is 0. The molecule has 2 fully saturated rings. The molecule has 1 atom stereocenters. The molecule has 292 valence electrons. The van der Waals surface area contributed by atoms with Gasteiger partial charge in [0.15, 0.2) is 9.84 Å². The quantitative estimate of drug-likeness (QED) is 0.240. The fourth-order valence-corrected chi connectivity index (χ4v) is 9.17. The fraction of sp³-hybridized carbons (Fsp3) is 0.417. The Morgan fingerprint density at radius 2 is 1.46 bits per heavy atom. The van der Waals surface area contributed by atoms with Gasteiger partial charge >= 0.3 is 18.3 Å². The number of carbonyl (C=O) groups excluding carboxylic acids is 2. The first-order valence-electron chi connectivity index (χ1n) is 16.5. The lowest BCUT2D eigenvalue weighted by molar-refractivity contribution is -0.392. The van der Waals surface area contributed by atoms with Crippen LogP contribution >= 0.6 is 0 Å². The van der Waals surface area contributed by atoms with E-state index in [1.165, 1.54) is 43.2 Å². The van der Waals surface area contributed by atoms with Crippen LogP contribution in [0, 0.1) is 11.7 Å². The summed E-state index contributed by atoms with van der Waals surface area (Å²) in [5.74, 6) is -4.08. The van der Waals surface area contributed by atoms with Gasteiger partial charge in [-0.3, -0.25) is 9.59 Å². The van der Waals surface area contributed by atoms with Gasteiger partial charge in [-0.25, -0.2) is 17.6 Å². The summed E-state index contributed by atoms with van der Waals surface area (Å²) in [6, 6.07) is 9.90. The minimum Gasteiger partial charge on any atom is -0.497 e. The molecule has 10 nitrogen and oxygen atoms in total. The van der Waals surface area contributed by atoms with E-state index in [0.717, 1.165) is 24.3 Å². The van der Waals surface area contributed by atoms with Crippen molar-refractivity contribution in [2.75, 3.05) is 33.3 Å². The number of aromatic carboxylic acids is 1. The molecule has 0 bridgehead atoms. The normalized spacial score (nSPS) is 18.8. The van der Waals surface area contributed by atoms with E-state index in [1.54, 1.807) is 4.90 Å². The summed E-state index contributed by atoms with van der Waals surface area (Å²) in [5.41, 5.74) is -8.86. The van der Waals surface area contributed by atoms with Crippen LogP contribution in [-0.2, 0) is 41.1 Å². The Bertz CT molecular complexity index is 1980. The van der Waals surface area contributed by atoms with E-state index in [0.29, 0.717) is 49.9 Å². The van der Waals surface area contributed by atoms with Gasteiger partial charge in [0.1, 0.15) is 16.3 Å². The topological polar surface area (TPSA) is 131 Å². The second-order valence-electron chi connectivity index (χ2n) is 13.1. The number of hydrogen-bond donors (Lipinski definition) is 1. The third-order valence-corrected chi connectivity index (χ3v) is 12.6. The molecular weight excluding hydrogens is 753 g/mol. The number of rotatable bonds is 10. The Kier molecular flexibility index (Phi) is 11.1. The minimum absolute atomic E-state index is 0.115. The van der Waals surface area contributed by atoms with Crippen LogP contribution < -0.4 is 4.74 Å². The summed E-state index contributed by atoms with van der Waals surface area (Å²) in [4.78, 5) is 39.7. The van der Waals surface area contributed by atoms with Crippen molar-refractivity contribution in [3.63, 3.8) is 0 Å². The molecule has 2 aliphatic rings. The van der Waals surface area contributed by atoms with Crippen molar-refractivity contribution >= 4 is 27.6 Å². The van der Waals surface area contributed by atoms with Gasteiger partial charge in [-0.05, 0) is 61.2 Å². The second kappa shape index (κ2) is 14.8. The smallest absolute Gasteiger partial charge is 0.430 e. The van der Waals surface area contributed by atoms with E-state index in [9.17, 15) is 58.6 Å². The highest BCUT2D eigenvalue weighted by Gasteiger charge is 2.73. The Hall–Kier alpha value is -4.71. The third-order valence-electron chi connectivity index (χ3n) is 10.1. The highest BCUT2D eigenvalue weighted by Crippen LogP contribution is 2.54. The first kappa shape index (κ1) is 40.5. The molecule has 2 amide bonds. The zero-order chi connectivity index (χ0) is 39.9. The Morgan fingerprint density at radius 3 is 1.98 bits per heavy atom. The number of carboxylic acids is 1. The molecule has 0 radical (unpaired) electrons. The summed E-state index contributed by atoms with van der Waals surface area (Å²) in [6.45, 7) is -0.370. The van der Waals surface area contributed by atoms with Crippen molar-refractivity contribution in [3.8, 4) is 5.75 Å². The molecule has 3 aromatic rings. The molecule has 18 heteroatoms. The van der Waals surface area contributed by atoms with Crippen molar-refractivity contribution in [1.29, 1.82) is 0 Å². The standard InChI is InChI=1S/C36H35F7N2O8S/c1-22(46)44-17-14-23(15-18-44)31(47)45-19-16-33(21-45,54(50,51)27-12-10-26(52-2)11-13-27)24-6-8-25(9-7-24)34(35(38,39)40,36(41,42)43)53-20-29-28(32(48)49)4-3-5-30(29)37/h3-13,23H,14-21H2,1-2H3,(H,48,49). The predicted octanol–water partition coefficient (Wildman–Crippen LogP) is 6.23. The molecule has 0 spiro atoms. The van der Waals surface area contributed by atoms with Gasteiger partial charge in [-0.1, -0.05) is 30.3 Å². The molecule has 54 heavy (non-hydrogen) atoms. The van der Waals surface area contributed by atoms with Gasteiger partial charge in [0.2, 0.25) is 11.8 Å². The number of ether oxygens (including phenoxy) is 2. The van der Waals surface area contributed by atoms with Crippen molar-refractivity contribution in [3.05, 3.63) is 94.8 Å². The molecule has 0 aromatic heterocycles. The molecule has 0 saturated carbocycles. The van der Waals surface area contributed by atoms with Crippen LogP contribution in [-0.4, -0.2) is 86.7 Å². The van der Waals surface area contributed by atoms with E-state index >= 15 is 0 Å². The van der Waals surface area contributed by atoms with Gasteiger partial charge < -0.3 is 24.4 Å². The summed E-state index contributed by atoms with van der Waals surface area (Å²) in [6.07, 6.45) is -12.2. The average Bonchev–Trinajstić information content (AvgIpc) is 3.58. The summed E-state index contributed by atoms with van der Waals surface area (Å²) in [7, 11) is -3.19. The zero-order valence-electron chi connectivity index (χ0n) is 28.8. The molecule has 1 N–H and O–H groups in total. The average molecular weight is 789 g/mol. The van der Waals surface area contributed by atoms with Gasteiger partial charge in [0, 0.05) is 50.1 Å². The lowest BCUT2D eigenvalue weighted by Crippen LogP contribution is -2.56. The number of amides is 2. The number of carboxylic acid groups (broad SMARTS) is 1. The summed E-state index contributed by atoms with van der Waals surface area (Å²) < 4.78 is 140. The maximum absolute atomic E-state index is 14.7. The van der Waals surface area contributed by atoms with Gasteiger partial charge in [0.25, 0.3) is 5.60 Å². The van der Waals surface area contributed by atoms with Crippen molar-refractivity contribution < 1.29 is 68.1 Å². The monoisotopic (exact) mass is 788 g/mol. The van der Waals surface area contributed by atoms with E-state index in [1.807, 2.05) is 0 Å². The molecular formula is C36H35F7N2O8S. The number of piperidine rings is 1. The summed E-state index contributed by atoms with van der Waals surface area (Å²) in [5, 5.41) is 9.39. The van der Waals surface area contributed by atoms with Crippen LogP contribution in [0.25, 0.3) is 0 Å². The molecule has 5 rings (SSSR count). The zero-order valence-corrected chi connectivity index (χ0v) is 29.7. The molecule has 2 aliphatic heterocycles. The Morgan fingerprint density at radius 1 is 0.870 bits per heavy atom. The lowest BCUT2D eigenvalue weighted by Gasteiger charge is -2.38. The number of nitrogens with zero attached hydrogens (tertiary/aromatic N) is 2. The highest BCUT2D eigenvalue weighted by molar-refractivity contribution is 7.92. The highest BCUT2D eigenvalue weighted by atomic mass is 32.2. The van der Waals surface area contributed by atoms with E-state index in [2.05, 4.69) is 4.74 Å². The number of likely N-dealkylation sites (tertiary alicyclic amines) is 2. The van der Waals surface area contributed by atoms with Gasteiger partial charge in [-0.15, -0.1) is 0 Å². The van der Waals surface area contributed by atoms with Crippen LogP contribution in [0.15, 0.2) is 71.6 Å². The van der Waals surface area contributed by atoms with Crippen molar-refractivity contribution in [2.24, 2.45) is 5.92 Å². The van der Waals surface area contributed by atoms with Crippen LogP contribution in [0.4, 0.5) is 30.7 Å². The van der Waals surface area contributed by atoms with Crippen molar-refractivity contribution in [1.82, 2.24) is 9.80 Å². The Labute approximate surface area is 305 Å². The first-order valence-corrected chi connectivity index (χ1v) is 18.0. The SMILES string of the molecule is COc1ccc(S(=O)(=O)C2(c3ccc(C(OCc4c(F)cccc4C(=O)O)(C(F)(F)F)C(F)(F)F)cc3)CCN(C(=O)C3CCN(C(C)=O)CC3)C2)cc1. The first-order chi connectivity index (χ1) is 25.2. The van der Waals surface area contributed by atoms with Crippen LogP contribution in [0.5, 0.6) is 5.75 Å². The predicted molar refractivity (Wildman–Crippen MR) is 176 cm³/mol. The number of benzene rings is 3. The maximum Gasteiger partial charge on any atom is 0.430 e. The molecule has 2 saturated heterocycles. The number of hydrogen-bond acceptors (Lipinski definition) is 7. The fourth-order valence-electron chi connectivity index (χ4n) is 7.09. The number of carbonyl (C=O) groups is 3. The van der Waals surface area contributed by atoms with Crippen LogP contribution in [0.3, 0.4) is 0 Å². The van der Waals surface area contributed by atoms with E-state index in [4.69, 9.17) is 4.74 Å². The van der Waals surface area contributed by atoms with E-state index in [-0.39, 0.29) is 29.3 Å². The van der Waals surface area contributed by atoms with Crippen LogP contribution in [0.2, 0.25) is 0 Å². The number of methoxy groups -OCH3 is 1. The third kappa shape index (κ3) is 7.12. The van der Waals surface area contributed by atoms with Gasteiger partial charge in [0.05, 0.1) is 24.2 Å². The lowest BCUT2D eigenvalue weighted by atomic mass is 9.88. The van der Waals surface area contributed by atoms with Gasteiger partial charge in [-0.2, -0.15) is 26.3 Å². The van der Waals surface area contributed by atoms with Crippen LogP contribution in [0.1, 0.15) is 53.2 Å². The molecule has 3 aromatic carbocycles. The number of alkyl halides is 6. The minimum atomic E-state index is -6.25. The number of sulfone groups is 1. The van der Waals surface area contributed by atoms with Crippen molar-refractivity contribution in [2.45, 2.75) is 60.4 Å². The molecule has 2 heterocycles. The van der Waals surface area contributed by atoms with E-state index < -0.39 is 86.0 Å². The number of halogens is 7. The molecule has 1 unspecified atom stereocenters. The largest absolute Gasteiger partial charge is 0.497 e. The second-order valence-corrected chi connectivity index (χ2v) is 15.3. The molecule has 0 aliphatic carbocycles. The Balaban J connectivity index is 1.58. The maximum atomic E-state index is 14.7.